The van der Waals surface area contributed by atoms with Crippen molar-refractivity contribution in [2.24, 2.45) is 0 Å². The molecule has 4 aliphatic rings. The molecular formula is C25H35N3O3. The van der Waals surface area contributed by atoms with Gasteiger partial charge in [-0.3, -0.25) is 4.79 Å². The lowest BCUT2D eigenvalue weighted by atomic mass is 9.73. The second-order valence-electron chi connectivity index (χ2n) is 10.1. The number of ether oxygens (including phenoxy) is 1. The molecule has 6 heteroatoms. The molecule has 0 N–H and O–H groups in total. The van der Waals surface area contributed by atoms with Crippen molar-refractivity contribution in [2.45, 2.75) is 82.8 Å². The highest BCUT2D eigenvalue weighted by atomic mass is 16.6. The molecule has 4 aliphatic heterocycles. The summed E-state index contributed by atoms with van der Waals surface area (Å²) in [7, 11) is 0. The van der Waals surface area contributed by atoms with E-state index in [0.717, 1.165) is 63.8 Å². The molecule has 6 nitrogen and oxygen atoms in total. The molecule has 3 fully saturated rings. The van der Waals surface area contributed by atoms with E-state index in [-0.39, 0.29) is 17.4 Å². The first-order valence-corrected chi connectivity index (χ1v) is 12.0. The molecule has 4 heterocycles. The first-order chi connectivity index (χ1) is 14.9. The highest BCUT2D eigenvalue weighted by Gasteiger charge is 2.49. The number of anilines is 1. The van der Waals surface area contributed by atoms with Gasteiger partial charge in [0.15, 0.2) is 0 Å². The van der Waals surface area contributed by atoms with Crippen molar-refractivity contribution < 1.29 is 14.3 Å². The lowest BCUT2D eigenvalue weighted by Gasteiger charge is -2.47. The van der Waals surface area contributed by atoms with Crippen LogP contribution in [0.5, 0.6) is 0 Å². The molecule has 31 heavy (non-hydrogen) atoms. The molecule has 0 aliphatic carbocycles. The Labute approximate surface area is 185 Å². The zero-order valence-electron chi connectivity index (χ0n) is 19.1. The number of carbonyl (C=O) groups is 2. The second-order valence-corrected chi connectivity index (χ2v) is 10.1. The van der Waals surface area contributed by atoms with Gasteiger partial charge in [-0.25, -0.2) is 4.79 Å². The van der Waals surface area contributed by atoms with Crippen LogP contribution >= 0.6 is 0 Å². The molecule has 168 valence electrons. The number of hydrogen-bond acceptors (Lipinski definition) is 4. The van der Waals surface area contributed by atoms with Crippen molar-refractivity contribution in [3.63, 3.8) is 0 Å². The summed E-state index contributed by atoms with van der Waals surface area (Å²) in [6, 6.07) is 7.80. The van der Waals surface area contributed by atoms with E-state index < -0.39 is 0 Å². The third-order valence-corrected chi connectivity index (χ3v) is 8.31. The largest absolute Gasteiger partial charge is 0.450 e. The van der Waals surface area contributed by atoms with Gasteiger partial charge in [0.2, 0.25) is 5.91 Å². The Morgan fingerprint density at radius 3 is 2.39 bits per heavy atom. The molecule has 2 bridgehead atoms. The van der Waals surface area contributed by atoms with Crippen molar-refractivity contribution in [1.29, 1.82) is 0 Å². The van der Waals surface area contributed by atoms with Crippen LogP contribution in [0.3, 0.4) is 0 Å². The van der Waals surface area contributed by atoms with Crippen LogP contribution in [0.15, 0.2) is 18.2 Å². The topological polar surface area (TPSA) is 53.1 Å². The van der Waals surface area contributed by atoms with Crippen LogP contribution in [-0.4, -0.2) is 66.2 Å². The summed E-state index contributed by atoms with van der Waals surface area (Å²) >= 11 is 0. The Kier molecular flexibility index (Phi) is 5.24. The average molecular weight is 426 g/mol. The Balaban J connectivity index is 1.28. The van der Waals surface area contributed by atoms with Gasteiger partial charge < -0.3 is 19.4 Å². The number of hydrogen-bond donors (Lipinski definition) is 0. The van der Waals surface area contributed by atoms with E-state index in [1.54, 1.807) is 6.92 Å². The molecule has 2 amide bonds. The maximum Gasteiger partial charge on any atom is 0.410 e. The van der Waals surface area contributed by atoms with Crippen molar-refractivity contribution in [3.8, 4) is 0 Å². The molecule has 1 aromatic rings. The summed E-state index contributed by atoms with van der Waals surface area (Å²) in [6.07, 6.45) is 6.43. The molecule has 5 rings (SSSR count). The van der Waals surface area contributed by atoms with E-state index in [1.165, 1.54) is 11.1 Å². The normalized spacial score (nSPS) is 29.3. The Morgan fingerprint density at radius 2 is 1.77 bits per heavy atom. The van der Waals surface area contributed by atoms with Crippen LogP contribution in [0, 0.1) is 6.92 Å². The number of nitrogens with zero attached hydrogens (tertiary/aromatic N) is 3. The van der Waals surface area contributed by atoms with Crippen LogP contribution in [0.2, 0.25) is 0 Å². The third-order valence-electron chi connectivity index (χ3n) is 8.31. The lowest BCUT2D eigenvalue weighted by Crippen LogP contribution is -2.55. The minimum atomic E-state index is -0.117. The summed E-state index contributed by atoms with van der Waals surface area (Å²) in [5, 5.41) is 0. The van der Waals surface area contributed by atoms with Gasteiger partial charge >= 0.3 is 6.09 Å². The molecule has 1 aromatic carbocycles. The van der Waals surface area contributed by atoms with Gasteiger partial charge in [-0.1, -0.05) is 17.7 Å². The summed E-state index contributed by atoms with van der Waals surface area (Å²) in [5.74, 6) is 0.146. The second kappa shape index (κ2) is 7.80. The van der Waals surface area contributed by atoms with Crippen LogP contribution in [0.4, 0.5) is 10.5 Å². The number of aryl methyl sites for hydroxylation is 1. The summed E-state index contributed by atoms with van der Waals surface area (Å²) in [4.78, 5) is 31.4. The van der Waals surface area contributed by atoms with Gasteiger partial charge in [0.05, 0.1) is 6.61 Å². The minimum Gasteiger partial charge on any atom is -0.450 e. The monoisotopic (exact) mass is 425 g/mol. The molecule has 0 radical (unpaired) electrons. The van der Waals surface area contributed by atoms with E-state index in [9.17, 15) is 9.59 Å². The third kappa shape index (κ3) is 3.43. The van der Waals surface area contributed by atoms with Crippen molar-refractivity contribution in [2.75, 3.05) is 31.1 Å². The molecule has 2 unspecified atom stereocenters. The van der Waals surface area contributed by atoms with E-state index in [4.69, 9.17) is 4.74 Å². The zero-order chi connectivity index (χ0) is 21.8. The van der Waals surface area contributed by atoms with Crippen LogP contribution < -0.4 is 4.90 Å². The van der Waals surface area contributed by atoms with Gasteiger partial charge in [-0.2, -0.15) is 0 Å². The van der Waals surface area contributed by atoms with E-state index in [0.29, 0.717) is 24.7 Å². The van der Waals surface area contributed by atoms with Crippen molar-refractivity contribution in [1.82, 2.24) is 9.80 Å². The number of fused-ring (bicyclic) bond motifs is 4. The fourth-order valence-corrected chi connectivity index (χ4v) is 6.75. The first-order valence-electron chi connectivity index (χ1n) is 12.0. The van der Waals surface area contributed by atoms with Gasteiger partial charge in [0.25, 0.3) is 0 Å². The van der Waals surface area contributed by atoms with Gasteiger partial charge in [-0.05, 0) is 77.1 Å². The number of amides is 2. The van der Waals surface area contributed by atoms with Gasteiger partial charge in [0, 0.05) is 42.7 Å². The quantitative estimate of drug-likeness (QED) is 0.722. The van der Waals surface area contributed by atoms with E-state index in [2.05, 4.69) is 30.0 Å². The fourth-order valence-electron chi connectivity index (χ4n) is 6.75. The summed E-state index contributed by atoms with van der Waals surface area (Å²) in [6.45, 7) is 9.13. The SMILES string of the molecule is CCOC(=O)N1C2CCC1CC(N1CCC3(CC1)CN(C(C)=O)c1ccc(C)cc13)C2. The fraction of sp³-hybridized carbons (Fsp3) is 0.680. The molecule has 1 spiro atoms. The molecule has 0 aromatic heterocycles. The Morgan fingerprint density at radius 1 is 1.10 bits per heavy atom. The number of carbonyl (C=O) groups excluding carboxylic acids is 2. The Hall–Kier alpha value is -2.08. The maximum absolute atomic E-state index is 12.4. The highest BCUT2D eigenvalue weighted by molar-refractivity contribution is 5.94. The van der Waals surface area contributed by atoms with Crippen molar-refractivity contribution in [3.05, 3.63) is 29.3 Å². The zero-order valence-corrected chi connectivity index (χ0v) is 19.1. The van der Waals surface area contributed by atoms with Crippen LogP contribution in [-0.2, 0) is 14.9 Å². The lowest BCUT2D eigenvalue weighted by molar-refractivity contribution is -0.116. The number of rotatable bonds is 2. The smallest absolute Gasteiger partial charge is 0.410 e. The maximum atomic E-state index is 12.4. The predicted molar refractivity (Wildman–Crippen MR) is 120 cm³/mol. The number of likely N-dealkylation sites (tertiary alicyclic amines) is 1. The van der Waals surface area contributed by atoms with Crippen molar-refractivity contribution >= 4 is 17.7 Å². The van der Waals surface area contributed by atoms with Gasteiger partial charge in [0.1, 0.15) is 0 Å². The molecular weight excluding hydrogens is 390 g/mol. The summed E-state index contributed by atoms with van der Waals surface area (Å²) < 4.78 is 5.32. The van der Waals surface area contributed by atoms with E-state index in [1.807, 2.05) is 16.7 Å². The van der Waals surface area contributed by atoms with Gasteiger partial charge in [-0.15, -0.1) is 0 Å². The first kappa shape index (κ1) is 20.8. The average Bonchev–Trinajstić information content (AvgIpc) is 3.20. The minimum absolute atomic E-state index is 0.0914. The standard InChI is InChI=1S/C25H35N3O3/c1-4-31-24(30)28-19-6-7-20(28)15-21(14-19)26-11-9-25(10-12-26)16-27(18(3)29)23-8-5-17(2)13-22(23)25/h5,8,13,19-21H,4,6-7,9-12,14-16H2,1-3H3. The summed E-state index contributed by atoms with van der Waals surface area (Å²) in [5.41, 5.74) is 3.86. The molecule has 3 saturated heterocycles. The van der Waals surface area contributed by atoms with Crippen LogP contribution in [0.1, 0.15) is 63.5 Å². The van der Waals surface area contributed by atoms with Crippen LogP contribution in [0.25, 0.3) is 0 Å². The number of piperidine rings is 2. The van der Waals surface area contributed by atoms with E-state index >= 15 is 0 Å². The predicted octanol–water partition coefficient (Wildman–Crippen LogP) is 3.85. The number of benzene rings is 1. The molecule has 2 atom stereocenters. The molecule has 0 saturated carbocycles. The Bertz CT molecular complexity index is 863. The highest BCUT2D eigenvalue weighted by Crippen LogP contribution is 2.48.